The smallest absolute Gasteiger partial charge is 0.223 e. The van der Waals surface area contributed by atoms with Gasteiger partial charge in [0.1, 0.15) is 5.75 Å². The predicted molar refractivity (Wildman–Crippen MR) is 119 cm³/mol. The van der Waals surface area contributed by atoms with Crippen LogP contribution in [0.3, 0.4) is 0 Å². The third kappa shape index (κ3) is 7.68. The lowest BCUT2D eigenvalue weighted by Gasteiger charge is -2.23. The first-order valence-electron chi connectivity index (χ1n) is 10.9. The number of nitrogens with zero attached hydrogens (tertiary/aromatic N) is 2. The molecule has 1 aliphatic rings. The average Bonchev–Trinajstić information content (AvgIpc) is 2.84. The summed E-state index contributed by atoms with van der Waals surface area (Å²) in [5.74, 6) is 0.802. The fourth-order valence-corrected chi connectivity index (χ4v) is 3.83. The van der Waals surface area contributed by atoms with E-state index in [-0.39, 0.29) is 17.7 Å². The normalized spacial score (nSPS) is 18.5. The number of pyridine rings is 1. The van der Waals surface area contributed by atoms with Gasteiger partial charge in [-0.3, -0.25) is 19.5 Å². The Labute approximate surface area is 184 Å². The molecule has 0 spiro atoms. The molecule has 1 aliphatic heterocycles. The van der Waals surface area contributed by atoms with Gasteiger partial charge in [-0.2, -0.15) is 0 Å². The maximum atomic E-state index is 12.8. The highest BCUT2D eigenvalue weighted by atomic mass is 16.5. The first kappa shape index (κ1) is 22.7. The van der Waals surface area contributed by atoms with Crippen LogP contribution < -0.4 is 15.4 Å². The van der Waals surface area contributed by atoms with Crippen molar-refractivity contribution in [3.63, 3.8) is 0 Å². The highest BCUT2D eigenvalue weighted by Gasteiger charge is 2.20. The molecule has 31 heavy (non-hydrogen) atoms. The molecule has 1 atom stereocenters. The molecule has 1 fully saturated rings. The van der Waals surface area contributed by atoms with Crippen molar-refractivity contribution in [2.45, 2.75) is 38.8 Å². The first-order chi connectivity index (χ1) is 15.1. The van der Waals surface area contributed by atoms with Gasteiger partial charge in [-0.1, -0.05) is 12.1 Å². The van der Waals surface area contributed by atoms with Crippen molar-refractivity contribution in [1.82, 2.24) is 20.5 Å². The van der Waals surface area contributed by atoms with E-state index in [0.717, 1.165) is 42.8 Å². The van der Waals surface area contributed by atoms with Gasteiger partial charge in [0, 0.05) is 50.9 Å². The van der Waals surface area contributed by atoms with Crippen LogP contribution in [-0.4, -0.2) is 48.4 Å². The van der Waals surface area contributed by atoms with E-state index in [1.807, 2.05) is 30.3 Å². The molecule has 1 unspecified atom stereocenters. The van der Waals surface area contributed by atoms with Gasteiger partial charge in [-0.25, -0.2) is 0 Å². The van der Waals surface area contributed by atoms with E-state index < -0.39 is 0 Å². The van der Waals surface area contributed by atoms with Crippen molar-refractivity contribution in [2.24, 2.45) is 5.92 Å². The number of aromatic nitrogens is 1. The highest BCUT2D eigenvalue weighted by molar-refractivity contribution is 5.79. The van der Waals surface area contributed by atoms with Crippen LogP contribution in [0.1, 0.15) is 36.8 Å². The summed E-state index contributed by atoms with van der Waals surface area (Å²) in [5, 5.41) is 6.00. The Balaban J connectivity index is 1.57. The number of hydrogen-bond donors (Lipinski definition) is 2. The van der Waals surface area contributed by atoms with E-state index in [1.165, 1.54) is 0 Å². The van der Waals surface area contributed by atoms with Gasteiger partial charge in [0.2, 0.25) is 11.8 Å². The summed E-state index contributed by atoms with van der Waals surface area (Å²) in [4.78, 5) is 31.3. The van der Waals surface area contributed by atoms with Gasteiger partial charge in [0.25, 0.3) is 0 Å². The maximum Gasteiger partial charge on any atom is 0.223 e. The third-order valence-corrected chi connectivity index (χ3v) is 5.62. The van der Waals surface area contributed by atoms with E-state index >= 15 is 0 Å². The summed E-state index contributed by atoms with van der Waals surface area (Å²) in [6.07, 6.45) is 6.27. The Morgan fingerprint density at radius 3 is 2.84 bits per heavy atom. The van der Waals surface area contributed by atoms with Crippen LogP contribution in [-0.2, 0) is 22.7 Å². The van der Waals surface area contributed by atoms with E-state index in [0.29, 0.717) is 32.5 Å². The Kier molecular flexibility index (Phi) is 8.84. The van der Waals surface area contributed by atoms with Crippen LogP contribution in [0, 0.1) is 5.92 Å². The molecule has 2 aromatic rings. The molecule has 2 amide bonds. The van der Waals surface area contributed by atoms with Crippen molar-refractivity contribution < 1.29 is 14.3 Å². The fraction of sp³-hybridized carbons (Fsp3) is 0.458. The number of rotatable bonds is 6. The zero-order valence-electron chi connectivity index (χ0n) is 18.2. The van der Waals surface area contributed by atoms with Crippen molar-refractivity contribution >= 4 is 11.8 Å². The SMILES string of the molecule is COc1cccc(CN2CCCC(C(=O)NCc3ccncc3)CCNC(=O)CC2)c1. The third-order valence-electron chi connectivity index (χ3n) is 5.62. The van der Waals surface area contributed by atoms with Gasteiger partial charge in [0.05, 0.1) is 7.11 Å². The minimum atomic E-state index is -0.112. The number of methoxy groups -OCH3 is 1. The van der Waals surface area contributed by atoms with Crippen molar-refractivity contribution in [1.29, 1.82) is 0 Å². The number of carbonyl (C=O) groups excluding carboxylic acids is 2. The quantitative estimate of drug-likeness (QED) is 0.745. The summed E-state index contributed by atoms with van der Waals surface area (Å²) in [6, 6.07) is 11.8. The largest absolute Gasteiger partial charge is 0.497 e. The van der Waals surface area contributed by atoms with E-state index in [1.54, 1.807) is 19.5 Å². The second-order valence-corrected chi connectivity index (χ2v) is 7.93. The standard InChI is InChI=1S/C24H32N4O3/c1-31-22-6-2-4-20(16-22)18-28-14-3-5-21(9-13-26-23(29)10-15-28)24(30)27-17-19-7-11-25-12-8-19/h2,4,6-8,11-12,16,21H,3,5,9-10,13-15,17-18H2,1H3,(H,26,29)(H,27,30). The Hall–Kier alpha value is -2.93. The van der Waals surface area contributed by atoms with Gasteiger partial charge in [-0.15, -0.1) is 0 Å². The number of carbonyl (C=O) groups is 2. The van der Waals surface area contributed by atoms with Crippen LogP contribution in [0.25, 0.3) is 0 Å². The van der Waals surface area contributed by atoms with E-state index in [4.69, 9.17) is 4.74 Å². The molecule has 0 radical (unpaired) electrons. The highest BCUT2D eigenvalue weighted by Crippen LogP contribution is 2.17. The van der Waals surface area contributed by atoms with Gasteiger partial charge >= 0.3 is 0 Å². The summed E-state index contributed by atoms with van der Waals surface area (Å²) in [5.41, 5.74) is 2.18. The average molecular weight is 425 g/mol. The summed E-state index contributed by atoms with van der Waals surface area (Å²) in [7, 11) is 1.66. The lowest BCUT2D eigenvalue weighted by atomic mass is 9.98. The van der Waals surface area contributed by atoms with Crippen LogP contribution in [0.5, 0.6) is 5.75 Å². The maximum absolute atomic E-state index is 12.8. The van der Waals surface area contributed by atoms with Gasteiger partial charge in [0.15, 0.2) is 0 Å². The predicted octanol–water partition coefficient (Wildman–Crippen LogP) is 2.52. The molecule has 2 N–H and O–H groups in total. The minimum Gasteiger partial charge on any atom is -0.497 e. The molecule has 166 valence electrons. The molecule has 7 nitrogen and oxygen atoms in total. The van der Waals surface area contributed by atoms with Crippen molar-refractivity contribution in [3.05, 3.63) is 59.9 Å². The summed E-state index contributed by atoms with van der Waals surface area (Å²) in [6.45, 7) is 3.32. The van der Waals surface area contributed by atoms with Gasteiger partial charge in [-0.05, 0) is 61.2 Å². The Bertz CT molecular complexity index is 844. The van der Waals surface area contributed by atoms with E-state index in [9.17, 15) is 9.59 Å². The number of ether oxygens (including phenoxy) is 1. The summed E-state index contributed by atoms with van der Waals surface area (Å²) < 4.78 is 5.32. The van der Waals surface area contributed by atoms with E-state index in [2.05, 4.69) is 26.6 Å². The molecule has 0 bridgehead atoms. The first-order valence-corrected chi connectivity index (χ1v) is 10.9. The van der Waals surface area contributed by atoms with Crippen LogP contribution in [0.4, 0.5) is 0 Å². The second-order valence-electron chi connectivity index (χ2n) is 7.93. The van der Waals surface area contributed by atoms with Crippen LogP contribution in [0.2, 0.25) is 0 Å². The second kappa shape index (κ2) is 12.1. The molecular weight excluding hydrogens is 392 g/mol. The Morgan fingerprint density at radius 1 is 1.19 bits per heavy atom. The van der Waals surface area contributed by atoms with Crippen molar-refractivity contribution in [2.75, 3.05) is 26.7 Å². The van der Waals surface area contributed by atoms with Crippen LogP contribution >= 0.6 is 0 Å². The fourth-order valence-electron chi connectivity index (χ4n) is 3.83. The van der Waals surface area contributed by atoms with Crippen molar-refractivity contribution in [3.8, 4) is 5.75 Å². The number of amides is 2. The van der Waals surface area contributed by atoms with Gasteiger partial charge < -0.3 is 15.4 Å². The number of nitrogens with one attached hydrogen (secondary N) is 2. The molecule has 1 aromatic carbocycles. The zero-order valence-corrected chi connectivity index (χ0v) is 18.2. The molecule has 0 aliphatic carbocycles. The topological polar surface area (TPSA) is 83.6 Å². The number of benzene rings is 1. The summed E-state index contributed by atoms with van der Waals surface area (Å²) >= 11 is 0. The molecule has 1 saturated heterocycles. The zero-order chi connectivity index (χ0) is 21.9. The number of hydrogen-bond acceptors (Lipinski definition) is 5. The monoisotopic (exact) mass is 424 g/mol. The minimum absolute atomic E-state index is 0.0356. The molecular formula is C24H32N4O3. The lowest BCUT2D eigenvalue weighted by molar-refractivity contribution is -0.126. The molecule has 2 heterocycles. The molecule has 7 heteroatoms. The molecule has 1 aromatic heterocycles. The molecule has 0 saturated carbocycles. The lowest BCUT2D eigenvalue weighted by Crippen LogP contribution is -2.33. The van der Waals surface area contributed by atoms with Crippen LogP contribution in [0.15, 0.2) is 48.8 Å². The molecule has 3 rings (SSSR count). The Morgan fingerprint density at radius 2 is 2.03 bits per heavy atom.